The highest BCUT2D eigenvalue weighted by Crippen LogP contribution is 2.24. The standard InChI is InChI=1S/C17H11BrN4O2/c18-11-6-7-13-12(8-11)14-15(20-13)16(23)22(17(24)21-14)19-9-10-4-2-1-3-5-10/h1-9,20H,(H,21,24). The first kappa shape index (κ1) is 14.6. The quantitative estimate of drug-likeness (QED) is 0.522. The van der Waals surface area contributed by atoms with E-state index in [2.05, 4.69) is 31.0 Å². The molecule has 0 saturated carbocycles. The number of aromatic nitrogens is 3. The Labute approximate surface area is 143 Å². The highest BCUT2D eigenvalue weighted by atomic mass is 79.9. The van der Waals surface area contributed by atoms with Crippen LogP contribution in [0.25, 0.3) is 21.9 Å². The number of nitrogens with zero attached hydrogens (tertiary/aromatic N) is 2. The second-order valence-electron chi connectivity index (χ2n) is 5.27. The third-order valence-corrected chi connectivity index (χ3v) is 4.21. The minimum atomic E-state index is -0.583. The number of aromatic amines is 2. The fourth-order valence-corrected chi connectivity index (χ4v) is 2.94. The van der Waals surface area contributed by atoms with E-state index in [1.807, 2.05) is 48.5 Å². The van der Waals surface area contributed by atoms with E-state index < -0.39 is 11.2 Å². The number of benzene rings is 2. The van der Waals surface area contributed by atoms with Gasteiger partial charge in [-0.05, 0) is 23.8 Å². The summed E-state index contributed by atoms with van der Waals surface area (Å²) in [6.45, 7) is 0. The highest BCUT2D eigenvalue weighted by Gasteiger charge is 2.12. The van der Waals surface area contributed by atoms with Crippen LogP contribution in [0.5, 0.6) is 0 Å². The normalized spacial score (nSPS) is 11.7. The molecule has 118 valence electrons. The smallest absolute Gasteiger partial charge is 0.349 e. The molecule has 0 fully saturated rings. The molecule has 24 heavy (non-hydrogen) atoms. The average Bonchev–Trinajstić information content (AvgIpc) is 2.94. The van der Waals surface area contributed by atoms with Gasteiger partial charge in [0.05, 0.1) is 11.7 Å². The summed E-state index contributed by atoms with van der Waals surface area (Å²) in [4.78, 5) is 30.6. The Bertz CT molecular complexity index is 1200. The zero-order valence-corrected chi connectivity index (χ0v) is 13.9. The van der Waals surface area contributed by atoms with E-state index in [0.717, 1.165) is 25.6 Å². The summed E-state index contributed by atoms with van der Waals surface area (Å²) in [6.07, 6.45) is 1.47. The van der Waals surface area contributed by atoms with Gasteiger partial charge in [0, 0.05) is 15.4 Å². The predicted octanol–water partition coefficient (Wildman–Crippen LogP) is 2.82. The van der Waals surface area contributed by atoms with Gasteiger partial charge in [0.25, 0.3) is 0 Å². The van der Waals surface area contributed by atoms with Crippen molar-refractivity contribution >= 4 is 44.1 Å². The van der Waals surface area contributed by atoms with Crippen LogP contribution in [0.2, 0.25) is 0 Å². The Kier molecular flexibility index (Phi) is 3.42. The molecule has 2 heterocycles. The van der Waals surface area contributed by atoms with Gasteiger partial charge in [0.15, 0.2) is 0 Å². The van der Waals surface area contributed by atoms with Gasteiger partial charge in [0.1, 0.15) is 5.52 Å². The maximum absolute atomic E-state index is 12.6. The van der Waals surface area contributed by atoms with E-state index >= 15 is 0 Å². The summed E-state index contributed by atoms with van der Waals surface area (Å²) in [5.74, 6) is 0. The fraction of sp³-hybridized carbons (Fsp3) is 0. The van der Waals surface area contributed by atoms with Crippen LogP contribution in [0.3, 0.4) is 0 Å². The summed E-state index contributed by atoms with van der Waals surface area (Å²) in [7, 11) is 0. The van der Waals surface area contributed by atoms with Crippen LogP contribution < -0.4 is 11.2 Å². The van der Waals surface area contributed by atoms with Gasteiger partial charge in [-0.15, -0.1) is 4.68 Å². The van der Waals surface area contributed by atoms with Crippen LogP contribution >= 0.6 is 15.9 Å². The molecule has 0 unspecified atom stereocenters. The van der Waals surface area contributed by atoms with Crippen molar-refractivity contribution in [2.45, 2.75) is 0 Å². The Hall–Kier alpha value is -2.93. The van der Waals surface area contributed by atoms with Gasteiger partial charge in [-0.2, -0.15) is 5.10 Å². The summed E-state index contributed by atoms with van der Waals surface area (Å²) >= 11 is 3.39. The van der Waals surface area contributed by atoms with Gasteiger partial charge in [0.2, 0.25) is 0 Å². The van der Waals surface area contributed by atoms with Crippen LogP contribution in [0.15, 0.2) is 67.7 Å². The third kappa shape index (κ3) is 2.39. The second kappa shape index (κ2) is 5.61. The van der Waals surface area contributed by atoms with Crippen LogP contribution in [0, 0.1) is 0 Å². The number of nitrogens with one attached hydrogen (secondary N) is 2. The van der Waals surface area contributed by atoms with Crippen molar-refractivity contribution in [3.63, 3.8) is 0 Å². The highest BCUT2D eigenvalue weighted by molar-refractivity contribution is 9.10. The van der Waals surface area contributed by atoms with E-state index in [9.17, 15) is 9.59 Å². The molecule has 0 radical (unpaired) electrons. The molecule has 6 nitrogen and oxygen atoms in total. The molecule has 0 bridgehead atoms. The Morgan fingerprint density at radius 2 is 1.79 bits per heavy atom. The minimum Gasteiger partial charge on any atom is -0.349 e. The molecule has 0 aliphatic rings. The van der Waals surface area contributed by atoms with Crippen molar-refractivity contribution in [1.29, 1.82) is 0 Å². The molecular formula is C17H11BrN4O2. The Morgan fingerprint density at radius 3 is 2.58 bits per heavy atom. The monoisotopic (exact) mass is 382 g/mol. The topological polar surface area (TPSA) is 83.0 Å². The molecule has 0 aliphatic carbocycles. The number of hydrogen-bond donors (Lipinski definition) is 2. The average molecular weight is 383 g/mol. The zero-order chi connectivity index (χ0) is 16.7. The van der Waals surface area contributed by atoms with Crippen molar-refractivity contribution in [3.8, 4) is 0 Å². The maximum Gasteiger partial charge on any atom is 0.350 e. The van der Waals surface area contributed by atoms with Crippen molar-refractivity contribution in [2.24, 2.45) is 5.10 Å². The first-order chi connectivity index (χ1) is 11.6. The van der Waals surface area contributed by atoms with Crippen molar-refractivity contribution in [1.82, 2.24) is 14.6 Å². The summed E-state index contributed by atoms with van der Waals surface area (Å²) in [5.41, 5.74) is 1.28. The van der Waals surface area contributed by atoms with E-state index in [1.165, 1.54) is 6.21 Å². The largest absolute Gasteiger partial charge is 0.350 e. The summed E-state index contributed by atoms with van der Waals surface area (Å²) in [5, 5.41) is 4.79. The predicted molar refractivity (Wildman–Crippen MR) is 97.8 cm³/mol. The lowest BCUT2D eigenvalue weighted by atomic mass is 10.2. The Balaban J connectivity index is 1.95. The summed E-state index contributed by atoms with van der Waals surface area (Å²) in [6, 6.07) is 14.8. The van der Waals surface area contributed by atoms with E-state index in [4.69, 9.17) is 0 Å². The van der Waals surface area contributed by atoms with Crippen molar-refractivity contribution < 1.29 is 0 Å². The fourth-order valence-electron chi connectivity index (χ4n) is 2.58. The summed E-state index contributed by atoms with van der Waals surface area (Å²) < 4.78 is 1.68. The first-order valence-electron chi connectivity index (χ1n) is 7.19. The maximum atomic E-state index is 12.6. The molecule has 0 aliphatic heterocycles. The number of rotatable bonds is 2. The van der Waals surface area contributed by atoms with Crippen molar-refractivity contribution in [3.05, 3.63) is 79.4 Å². The van der Waals surface area contributed by atoms with E-state index in [-0.39, 0.29) is 0 Å². The van der Waals surface area contributed by atoms with Gasteiger partial charge in [-0.3, -0.25) is 4.79 Å². The van der Waals surface area contributed by atoms with Crippen LogP contribution in [-0.4, -0.2) is 20.9 Å². The molecule has 0 spiro atoms. The third-order valence-electron chi connectivity index (χ3n) is 3.71. The number of hydrogen-bond acceptors (Lipinski definition) is 3. The SMILES string of the molecule is O=c1[nH]c2c([nH]c3ccc(Br)cc32)c(=O)n1N=Cc1ccccc1. The lowest BCUT2D eigenvalue weighted by Gasteiger charge is -1.98. The molecule has 2 N–H and O–H groups in total. The molecular weight excluding hydrogens is 372 g/mol. The lowest BCUT2D eigenvalue weighted by Crippen LogP contribution is -2.32. The van der Waals surface area contributed by atoms with Gasteiger partial charge in [-0.25, -0.2) is 4.79 Å². The van der Waals surface area contributed by atoms with Crippen LogP contribution in [0.1, 0.15) is 5.56 Å². The number of halogens is 1. The van der Waals surface area contributed by atoms with Gasteiger partial charge < -0.3 is 9.97 Å². The lowest BCUT2D eigenvalue weighted by molar-refractivity contribution is 0.770. The minimum absolute atomic E-state index is 0.313. The van der Waals surface area contributed by atoms with Crippen molar-refractivity contribution in [2.75, 3.05) is 0 Å². The number of H-pyrrole nitrogens is 2. The zero-order valence-electron chi connectivity index (χ0n) is 12.3. The molecule has 7 heteroatoms. The molecule has 4 aromatic rings. The molecule has 0 atom stereocenters. The second-order valence-corrected chi connectivity index (χ2v) is 6.18. The first-order valence-corrected chi connectivity index (χ1v) is 7.98. The molecule has 2 aromatic heterocycles. The molecule has 2 aromatic carbocycles. The Morgan fingerprint density at radius 1 is 1.00 bits per heavy atom. The molecule has 0 amide bonds. The van der Waals surface area contributed by atoms with Gasteiger partial charge in [-0.1, -0.05) is 46.3 Å². The molecule has 0 saturated heterocycles. The van der Waals surface area contributed by atoms with Crippen LogP contribution in [-0.2, 0) is 0 Å². The number of fused-ring (bicyclic) bond motifs is 3. The van der Waals surface area contributed by atoms with E-state index in [1.54, 1.807) is 0 Å². The van der Waals surface area contributed by atoms with Gasteiger partial charge >= 0.3 is 11.2 Å². The van der Waals surface area contributed by atoms with E-state index in [0.29, 0.717) is 11.0 Å². The molecule has 4 rings (SSSR count). The van der Waals surface area contributed by atoms with Crippen LogP contribution in [0.4, 0.5) is 0 Å².